The van der Waals surface area contributed by atoms with Gasteiger partial charge in [-0.1, -0.05) is 127 Å². The second-order valence-corrected chi connectivity index (χ2v) is 17.7. The van der Waals surface area contributed by atoms with Crippen LogP contribution in [-0.4, -0.2) is 10.4 Å². The van der Waals surface area contributed by atoms with Crippen LogP contribution in [0.1, 0.15) is 11.5 Å². The zero-order valence-corrected chi connectivity index (χ0v) is 36.0. The minimum atomic E-state index is 0.181. The molecule has 1 aliphatic heterocycles. The maximum atomic E-state index is 2.59. The zero-order valence-electron chi connectivity index (χ0n) is 36.0. The van der Waals surface area contributed by atoms with Crippen molar-refractivity contribution < 1.29 is 0 Å². The summed E-state index contributed by atoms with van der Waals surface area (Å²) in [6.45, 7) is 0. The maximum absolute atomic E-state index is 2.59. The number of para-hydroxylation sites is 5. The van der Waals surface area contributed by atoms with Crippen LogP contribution in [0.3, 0.4) is 0 Å². The third-order valence-corrected chi connectivity index (χ3v) is 14.1. The van der Waals surface area contributed by atoms with Gasteiger partial charge in [-0.25, -0.2) is 0 Å². The molecule has 310 valence electrons. The summed E-state index contributed by atoms with van der Waals surface area (Å²) in [4.78, 5) is 7.30. The van der Waals surface area contributed by atoms with Gasteiger partial charge >= 0.3 is 0 Å². The smallest absolute Gasteiger partial charge is 0.0629 e. The van der Waals surface area contributed by atoms with Crippen LogP contribution in [0.15, 0.2) is 243 Å². The van der Waals surface area contributed by atoms with Crippen LogP contribution in [0, 0.1) is 0 Å². The second kappa shape index (κ2) is 14.5. The van der Waals surface area contributed by atoms with Crippen molar-refractivity contribution in [1.29, 1.82) is 0 Å². The van der Waals surface area contributed by atoms with Crippen molar-refractivity contribution in [3.05, 3.63) is 248 Å². The van der Waals surface area contributed by atoms with Gasteiger partial charge in [-0.2, -0.15) is 0 Å². The Morgan fingerprint density at radius 2 is 0.833 bits per heavy atom. The number of fused-ring (bicyclic) bond motifs is 12. The van der Waals surface area contributed by atoms with Crippen molar-refractivity contribution >= 4 is 105 Å². The molecule has 0 saturated heterocycles. The number of aromatic nitrogens is 1. The number of anilines is 8. The number of rotatable bonds is 7. The van der Waals surface area contributed by atoms with E-state index in [-0.39, 0.29) is 12.0 Å². The van der Waals surface area contributed by atoms with E-state index in [2.05, 4.69) is 262 Å². The topological polar surface area (TPSA) is 14.1 Å². The monoisotopic (exact) mass is 842 g/mol. The van der Waals surface area contributed by atoms with Crippen LogP contribution in [-0.2, 0) is 0 Å². The van der Waals surface area contributed by atoms with Crippen LogP contribution >= 0.6 is 0 Å². The normalized spacial score (nSPS) is 15.4. The Kier molecular flexibility index (Phi) is 8.07. The molecule has 4 nitrogen and oxygen atoms in total. The molecule has 0 amide bonds. The van der Waals surface area contributed by atoms with E-state index in [0.29, 0.717) is 0 Å². The lowest BCUT2D eigenvalue weighted by Crippen LogP contribution is -2.28. The van der Waals surface area contributed by atoms with E-state index in [1.54, 1.807) is 0 Å². The Hall–Kier alpha value is -8.60. The zero-order chi connectivity index (χ0) is 43.3. The quantitative estimate of drug-likeness (QED) is 0.159. The van der Waals surface area contributed by atoms with E-state index in [1.165, 1.54) is 76.6 Å². The summed E-state index contributed by atoms with van der Waals surface area (Å²) in [7, 11) is 0. The predicted molar refractivity (Wildman–Crippen MR) is 279 cm³/mol. The first kappa shape index (κ1) is 36.8. The molecular formula is C62H42N4. The largest absolute Gasteiger partial charge is 0.333 e. The molecular weight excluding hydrogens is 801 g/mol. The van der Waals surface area contributed by atoms with Crippen LogP contribution < -0.4 is 14.7 Å². The summed E-state index contributed by atoms with van der Waals surface area (Å²) < 4.78 is 2.59. The highest BCUT2D eigenvalue weighted by atomic mass is 15.2. The van der Waals surface area contributed by atoms with Crippen LogP contribution in [0.4, 0.5) is 45.5 Å². The SMILES string of the molecule is C1=CC2c3c(cc4c5cc6ccc(N(c7ccccc7)c7ccccc7)cc6cc5n5c6cc7cc(N(c8ccccc8)c8ccccc8)ccc7cc6c3c45)N(c3ccccc3)C2C=C1. The van der Waals surface area contributed by atoms with Gasteiger partial charge < -0.3 is 19.1 Å². The first-order valence-corrected chi connectivity index (χ1v) is 22.9. The Labute approximate surface area is 382 Å². The minimum Gasteiger partial charge on any atom is -0.333 e. The van der Waals surface area contributed by atoms with Crippen LogP contribution in [0.5, 0.6) is 0 Å². The third-order valence-electron chi connectivity index (χ3n) is 14.1. The molecule has 2 aliphatic rings. The van der Waals surface area contributed by atoms with Gasteiger partial charge in [0.15, 0.2) is 0 Å². The van der Waals surface area contributed by atoms with Gasteiger partial charge in [0, 0.05) is 73.0 Å². The van der Waals surface area contributed by atoms with Gasteiger partial charge in [0.05, 0.1) is 22.6 Å². The minimum absolute atomic E-state index is 0.181. The molecule has 1 aliphatic carbocycles. The van der Waals surface area contributed by atoms with Gasteiger partial charge in [-0.3, -0.25) is 0 Å². The summed E-state index contributed by atoms with van der Waals surface area (Å²) in [5, 5.41) is 10.1. The first-order valence-electron chi connectivity index (χ1n) is 22.9. The van der Waals surface area contributed by atoms with Gasteiger partial charge in [-0.05, 0) is 142 Å². The Bertz CT molecular complexity index is 3800. The van der Waals surface area contributed by atoms with Crippen molar-refractivity contribution in [1.82, 2.24) is 4.40 Å². The molecule has 12 aromatic rings. The Morgan fingerprint density at radius 1 is 0.364 bits per heavy atom. The molecule has 2 unspecified atom stereocenters. The van der Waals surface area contributed by atoms with Gasteiger partial charge in [-0.15, -0.1) is 0 Å². The molecule has 2 aromatic heterocycles. The molecule has 0 saturated carbocycles. The average Bonchev–Trinajstić information content (AvgIpc) is 4.00. The molecule has 0 radical (unpaired) electrons. The molecule has 0 fully saturated rings. The number of nitrogens with zero attached hydrogens (tertiary/aromatic N) is 4. The molecule has 4 heteroatoms. The number of allylic oxidation sites excluding steroid dienone is 2. The standard InChI is InChI=1S/C62H42N4/c1-6-18-45(19-7-1)63(46-20-8-2-9-21-46)50-32-30-41-36-53-54-40-59-60(52-28-16-17-29-56(52)65(59)49-26-14-5-15-27-49)61-55-37-42-31-33-51(64(47-22-10-3-11-23-47)48-24-12-4-13-25-48)35-44(42)39-58(55)66(62(54)61)57(53)38-43(41)34-50/h1-40,52,56H. The molecule has 0 spiro atoms. The van der Waals surface area contributed by atoms with E-state index < -0.39 is 0 Å². The van der Waals surface area contributed by atoms with Gasteiger partial charge in [0.25, 0.3) is 0 Å². The lowest BCUT2D eigenvalue weighted by molar-refractivity contribution is 0.747. The van der Waals surface area contributed by atoms with Crippen molar-refractivity contribution in [2.24, 2.45) is 0 Å². The van der Waals surface area contributed by atoms with Crippen molar-refractivity contribution in [2.45, 2.75) is 12.0 Å². The number of benzene rings is 10. The van der Waals surface area contributed by atoms with Crippen molar-refractivity contribution in [3.63, 3.8) is 0 Å². The molecule has 0 bridgehead atoms. The summed E-state index contributed by atoms with van der Waals surface area (Å²) in [5.74, 6) is 0.203. The fourth-order valence-corrected chi connectivity index (χ4v) is 11.3. The average molecular weight is 843 g/mol. The molecule has 10 aromatic carbocycles. The van der Waals surface area contributed by atoms with Gasteiger partial charge in [0.1, 0.15) is 0 Å². The highest BCUT2D eigenvalue weighted by Gasteiger charge is 2.40. The van der Waals surface area contributed by atoms with E-state index in [9.17, 15) is 0 Å². The molecule has 3 heterocycles. The van der Waals surface area contributed by atoms with Crippen LogP contribution in [0.2, 0.25) is 0 Å². The fourth-order valence-electron chi connectivity index (χ4n) is 11.3. The molecule has 2 atom stereocenters. The van der Waals surface area contributed by atoms with E-state index in [0.717, 1.165) is 34.1 Å². The van der Waals surface area contributed by atoms with E-state index in [1.807, 2.05) is 0 Å². The highest BCUT2D eigenvalue weighted by molar-refractivity contribution is 6.28. The lowest BCUT2D eigenvalue weighted by Gasteiger charge is -2.28. The Morgan fingerprint density at radius 3 is 1.36 bits per heavy atom. The Balaban J connectivity index is 1.06. The third kappa shape index (κ3) is 5.52. The fraction of sp³-hybridized carbons (Fsp3) is 0.0323. The van der Waals surface area contributed by atoms with Crippen molar-refractivity contribution in [2.75, 3.05) is 14.7 Å². The number of hydrogen-bond donors (Lipinski definition) is 0. The predicted octanol–water partition coefficient (Wildman–Crippen LogP) is 16.8. The summed E-state index contributed by atoms with van der Waals surface area (Å²) in [6, 6.07) is 80.2. The first-order chi connectivity index (χ1) is 32.7. The van der Waals surface area contributed by atoms with Crippen LogP contribution in [0.25, 0.3) is 59.6 Å². The second-order valence-electron chi connectivity index (χ2n) is 17.7. The summed E-state index contributed by atoms with van der Waals surface area (Å²) in [6.07, 6.45) is 9.29. The van der Waals surface area contributed by atoms with E-state index in [4.69, 9.17) is 0 Å². The van der Waals surface area contributed by atoms with Crippen molar-refractivity contribution in [3.8, 4) is 0 Å². The maximum Gasteiger partial charge on any atom is 0.0629 e. The van der Waals surface area contributed by atoms with E-state index >= 15 is 0 Å². The highest BCUT2D eigenvalue weighted by Crippen LogP contribution is 2.55. The summed E-state index contributed by atoms with van der Waals surface area (Å²) >= 11 is 0. The molecule has 14 rings (SSSR count). The number of hydrogen-bond acceptors (Lipinski definition) is 3. The molecule has 0 N–H and O–H groups in total. The molecule has 66 heavy (non-hydrogen) atoms. The summed E-state index contributed by atoms with van der Waals surface area (Å²) in [5.41, 5.74) is 14.4. The van der Waals surface area contributed by atoms with Gasteiger partial charge in [0.2, 0.25) is 0 Å². The lowest BCUT2D eigenvalue weighted by atomic mass is 9.88.